The largest absolute Gasteiger partial charge is 0.518 e. The number of benzene rings is 2. The Balaban J connectivity index is 0.000000312. The average molecular weight is 1120 g/mol. The number of fused-ring (bicyclic) bond motifs is 2. The van der Waals surface area contributed by atoms with Gasteiger partial charge in [-0.1, -0.05) is 123 Å². The maximum atomic E-state index is 14.3. The Labute approximate surface area is 472 Å². The van der Waals surface area contributed by atoms with Crippen molar-refractivity contribution in [1.29, 1.82) is 0 Å². The van der Waals surface area contributed by atoms with E-state index >= 15 is 0 Å². The van der Waals surface area contributed by atoms with Gasteiger partial charge in [-0.05, 0) is 176 Å². The molecule has 11 nitrogen and oxygen atoms in total. The Bertz CT molecular complexity index is 2810. The second kappa shape index (κ2) is 24.0. The predicted molar refractivity (Wildman–Crippen MR) is 327 cm³/mol. The van der Waals surface area contributed by atoms with Crippen molar-refractivity contribution >= 4 is 76.8 Å². The Morgan fingerprint density at radius 1 is 0.603 bits per heavy atom. The van der Waals surface area contributed by atoms with Gasteiger partial charge in [-0.2, -0.15) is 0 Å². The first-order valence-electron chi connectivity index (χ1n) is 28.6. The molecule has 430 valence electrons. The molecule has 14 heteroatoms. The van der Waals surface area contributed by atoms with Gasteiger partial charge in [0.15, 0.2) is 16.6 Å². The maximum Gasteiger partial charge on any atom is 0.315 e. The van der Waals surface area contributed by atoms with E-state index in [4.69, 9.17) is 27.7 Å². The van der Waals surface area contributed by atoms with Crippen LogP contribution in [0.5, 0.6) is 0 Å². The Morgan fingerprint density at radius 3 is 1.44 bits per heavy atom. The van der Waals surface area contributed by atoms with E-state index < -0.39 is 47.5 Å². The van der Waals surface area contributed by atoms with Crippen LogP contribution in [-0.2, 0) is 37.1 Å². The van der Waals surface area contributed by atoms with Gasteiger partial charge in [0.1, 0.15) is 6.10 Å². The number of hydrogen-bond donors (Lipinski definition) is 1. The minimum absolute atomic E-state index is 0.0602. The molecule has 6 rings (SSSR count). The van der Waals surface area contributed by atoms with E-state index in [9.17, 15) is 19.5 Å². The number of ether oxygens (including phenoxy) is 2. The Kier molecular flexibility index (Phi) is 19.9. The summed E-state index contributed by atoms with van der Waals surface area (Å²) in [6, 6.07) is 20.3. The van der Waals surface area contributed by atoms with Gasteiger partial charge in [-0.15, -0.1) is 0 Å². The quantitative estimate of drug-likeness (QED) is 0.0897. The van der Waals surface area contributed by atoms with E-state index in [2.05, 4.69) is 163 Å². The van der Waals surface area contributed by atoms with Gasteiger partial charge >= 0.3 is 17.9 Å². The number of aliphatic hydroxyl groups is 1. The van der Waals surface area contributed by atoms with Crippen LogP contribution in [0.25, 0.3) is 34.0 Å². The van der Waals surface area contributed by atoms with Gasteiger partial charge in [0.05, 0.1) is 57.2 Å². The summed E-state index contributed by atoms with van der Waals surface area (Å²) >= 11 is 0. The molecular weight excluding hydrogens is 1020 g/mol. The number of hydrogen-bond acceptors (Lipinski definition) is 11. The van der Waals surface area contributed by atoms with E-state index in [-0.39, 0.29) is 44.7 Å². The highest BCUT2D eigenvalue weighted by atomic mass is 28.4. The van der Waals surface area contributed by atoms with E-state index in [0.717, 1.165) is 51.5 Å². The fraction of sp³-hybridized carbons (Fsp3) is 0.609. The average Bonchev–Trinajstić information content (AvgIpc) is 3.32. The SMILES string of the molecule is CCOC(=O)C1(/C=C/c2ccc3ccc([C@@H](C)OC(C)=O)nc3c2)CCC(C)(O)CC1.C[C@@H](O[Si](C)(C)C(C)(C)C)c1ccc2ccc(/C=C/C3(C(=O)O[Si](C)(C)C(C)(C)C)CCC(C)(O[Si](C)(C)C(C)(C)C)CC3)cc2n1. The van der Waals surface area contributed by atoms with Gasteiger partial charge < -0.3 is 27.9 Å². The molecule has 4 aromatic rings. The summed E-state index contributed by atoms with van der Waals surface area (Å²) in [6.45, 7) is 45.3. The van der Waals surface area contributed by atoms with Crippen LogP contribution in [-0.4, -0.2) is 75.7 Å². The van der Waals surface area contributed by atoms with Crippen LogP contribution in [0.2, 0.25) is 54.4 Å². The van der Waals surface area contributed by atoms with Gasteiger partial charge in [0.2, 0.25) is 0 Å². The molecule has 78 heavy (non-hydrogen) atoms. The summed E-state index contributed by atoms with van der Waals surface area (Å²) in [5.74, 6) is -0.660. The van der Waals surface area contributed by atoms with Crippen molar-refractivity contribution in [2.45, 2.75) is 233 Å². The molecule has 0 spiro atoms. The van der Waals surface area contributed by atoms with Gasteiger partial charge in [0.25, 0.3) is 8.32 Å². The highest BCUT2D eigenvalue weighted by Crippen LogP contribution is 2.50. The molecule has 0 amide bonds. The summed E-state index contributed by atoms with van der Waals surface area (Å²) in [4.78, 5) is 48.0. The lowest BCUT2D eigenvalue weighted by atomic mass is 9.69. The summed E-state index contributed by atoms with van der Waals surface area (Å²) in [5.41, 5.74) is 2.89. The number of carbonyl (C=O) groups excluding carboxylic acids is 3. The van der Waals surface area contributed by atoms with Crippen molar-refractivity contribution in [3.63, 3.8) is 0 Å². The number of esters is 2. The lowest BCUT2D eigenvalue weighted by molar-refractivity contribution is -0.156. The third kappa shape index (κ3) is 16.0. The van der Waals surface area contributed by atoms with Crippen LogP contribution in [0.15, 0.2) is 72.8 Å². The summed E-state index contributed by atoms with van der Waals surface area (Å²) in [5, 5.41) is 12.6. The topological polar surface area (TPSA) is 143 Å². The van der Waals surface area contributed by atoms with Crippen LogP contribution in [0, 0.1) is 10.8 Å². The third-order valence-corrected chi connectivity index (χ3v) is 31.6. The zero-order valence-corrected chi connectivity index (χ0v) is 54.7. The first-order valence-corrected chi connectivity index (χ1v) is 37.3. The van der Waals surface area contributed by atoms with Crippen LogP contribution in [0.4, 0.5) is 0 Å². The smallest absolute Gasteiger partial charge is 0.315 e. The van der Waals surface area contributed by atoms with Crippen LogP contribution >= 0.6 is 0 Å². The summed E-state index contributed by atoms with van der Waals surface area (Å²) in [6.07, 6.45) is 12.9. The van der Waals surface area contributed by atoms with Crippen molar-refractivity contribution in [2.24, 2.45) is 10.8 Å². The van der Waals surface area contributed by atoms with Crippen molar-refractivity contribution < 1.29 is 42.2 Å². The monoisotopic (exact) mass is 1120 g/mol. The van der Waals surface area contributed by atoms with Gasteiger partial charge in [-0.3, -0.25) is 19.4 Å². The van der Waals surface area contributed by atoms with E-state index in [0.29, 0.717) is 50.8 Å². The lowest BCUT2D eigenvalue weighted by Gasteiger charge is -2.49. The summed E-state index contributed by atoms with van der Waals surface area (Å²) in [7, 11) is -6.23. The van der Waals surface area contributed by atoms with Crippen LogP contribution in [0.3, 0.4) is 0 Å². The first kappa shape index (κ1) is 64.5. The van der Waals surface area contributed by atoms with Crippen molar-refractivity contribution in [2.75, 3.05) is 6.61 Å². The van der Waals surface area contributed by atoms with Crippen LogP contribution in [0.1, 0.15) is 190 Å². The fourth-order valence-corrected chi connectivity index (χ4v) is 13.5. The van der Waals surface area contributed by atoms with E-state index in [1.54, 1.807) is 13.8 Å². The zero-order chi connectivity index (χ0) is 58.7. The number of pyridine rings is 2. The first-order chi connectivity index (χ1) is 35.7. The molecule has 2 aromatic carbocycles. The number of carbonyl (C=O) groups is 3. The minimum Gasteiger partial charge on any atom is -0.518 e. The molecule has 0 unspecified atom stereocenters. The molecule has 0 aliphatic heterocycles. The third-order valence-electron chi connectivity index (χ3n) is 18.1. The number of aromatic nitrogens is 2. The molecule has 2 aromatic heterocycles. The van der Waals surface area contributed by atoms with Gasteiger partial charge in [0, 0.05) is 17.7 Å². The molecule has 0 bridgehead atoms. The molecular formula is C64H98N2O9Si3. The van der Waals surface area contributed by atoms with Gasteiger partial charge in [-0.25, -0.2) is 4.98 Å². The fourth-order valence-electron chi connectivity index (χ4n) is 9.43. The van der Waals surface area contributed by atoms with E-state index in [1.165, 1.54) is 6.92 Å². The van der Waals surface area contributed by atoms with Crippen LogP contribution < -0.4 is 0 Å². The highest BCUT2D eigenvalue weighted by Gasteiger charge is 2.52. The summed E-state index contributed by atoms with van der Waals surface area (Å²) < 4.78 is 30.8. The molecule has 2 saturated carbocycles. The number of nitrogens with zero attached hydrogens (tertiary/aromatic N) is 2. The molecule has 2 fully saturated rings. The second-order valence-corrected chi connectivity index (χ2v) is 42.0. The van der Waals surface area contributed by atoms with Crippen molar-refractivity contribution in [1.82, 2.24) is 9.97 Å². The number of rotatable bonds is 15. The van der Waals surface area contributed by atoms with Crippen molar-refractivity contribution in [3.05, 3.63) is 95.3 Å². The zero-order valence-electron chi connectivity index (χ0n) is 51.7. The maximum absolute atomic E-state index is 14.3. The molecule has 2 aliphatic carbocycles. The highest BCUT2D eigenvalue weighted by molar-refractivity contribution is 6.75. The lowest BCUT2D eigenvalue weighted by Crippen LogP contribution is -2.53. The molecule has 0 saturated heterocycles. The predicted octanol–water partition coefficient (Wildman–Crippen LogP) is 17.0. The Morgan fingerprint density at radius 2 is 1.01 bits per heavy atom. The molecule has 2 heterocycles. The van der Waals surface area contributed by atoms with Crippen molar-refractivity contribution in [3.8, 4) is 0 Å². The standard InChI is InChI=1S/C39H67NO4Si3.C25H31NO5/c1-29(42-45(12,13)35(2,3)4)32-21-20-31-19-18-30(28-33(31)40-32)22-23-39(34(41)43-46(14,15)36(5,6)7)26-24-38(11,25-27-39)44-47(16,17)37(8,9)10;1-5-30-23(28)25(14-12-24(4,29)13-15-25)11-10-19-6-7-20-8-9-21(26-22(20)16-19)17(2)31-18(3)27/h18-23,28-29H,24-27H2,1-17H3;6-11,16-17,29H,5,12-15H2,1-4H3/b23-22+;11-10+/t29-,38?,39?;17-,24?,25?/m11/s1. The molecule has 0 radical (unpaired) electrons. The molecule has 2 aliphatic rings. The second-order valence-electron chi connectivity index (χ2n) is 27.8. The molecule has 2 atom stereocenters. The van der Waals surface area contributed by atoms with E-state index in [1.807, 2.05) is 49.4 Å². The minimum atomic E-state index is -2.32. The Hall–Kier alpha value is -4.32. The normalized spacial score (nSPS) is 23.7. The molecule has 1 N–H and O–H groups in total.